The molecule has 0 saturated heterocycles. The Morgan fingerprint density at radius 1 is 1.11 bits per heavy atom. The van der Waals surface area contributed by atoms with Crippen LogP contribution < -0.4 is 10.6 Å². The molecule has 0 aliphatic rings. The Bertz CT molecular complexity index is 840. The number of unbranched alkanes of at least 4 members (excludes halogenated alkanes) is 1. The van der Waals surface area contributed by atoms with Crippen LogP contribution in [0, 0.1) is 10.1 Å². The fraction of sp³-hybridized carbons (Fsp3) is 0.300. The minimum absolute atomic E-state index is 0.0204. The lowest BCUT2D eigenvalue weighted by molar-refractivity contribution is -0.384. The molecule has 2 N–H and O–H groups in total. The Hall–Kier alpha value is -2.87. The summed E-state index contributed by atoms with van der Waals surface area (Å²) in [5.41, 5.74) is 1.17. The minimum atomic E-state index is -0.488. The van der Waals surface area contributed by atoms with Gasteiger partial charge in [-0.2, -0.15) is 0 Å². The second kappa shape index (κ2) is 10.5. The van der Waals surface area contributed by atoms with Crippen LogP contribution in [-0.4, -0.2) is 22.0 Å². The van der Waals surface area contributed by atoms with Crippen molar-refractivity contribution in [2.24, 2.45) is 0 Å². The summed E-state index contributed by atoms with van der Waals surface area (Å²) in [7, 11) is 0. The van der Waals surface area contributed by atoms with E-state index >= 15 is 0 Å². The Morgan fingerprint density at radius 3 is 2.46 bits per heavy atom. The van der Waals surface area contributed by atoms with E-state index in [9.17, 15) is 19.7 Å². The zero-order valence-corrected chi connectivity index (χ0v) is 16.6. The zero-order valence-electron chi connectivity index (χ0n) is 15.8. The fourth-order valence-electron chi connectivity index (χ4n) is 2.38. The maximum absolute atomic E-state index is 12.4. The average Bonchev–Trinajstić information content (AvgIpc) is 2.67. The third-order valence-electron chi connectivity index (χ3n) is 3.90. The minimum Gasteiger partial charge on any atom is -0.326 e. The number of benzene rings is 2. The molecule has 0 aromatic heterocycles. The number of hydrogen-bond acceptors (Lipinski definition) is 5. The topological polar surface area (TPSA) is 101 Å². The molecule has 2 rings (SSSR count). The van der Waals surface area contributed by atoms with Gasteiger partial charge in [0.1, 0.15) is 0 Å². The Morgan fingerprint density at radius 2 is 1.82 bits per heavy atom. The molecule has 2 aromatic rings. The number of anilines is 2. The Kier molecular flexibility index (Phi) is 8.01. The van der Waals surface area contributed by atoms with Crippen molar-refractivity contribution in [1.29, 1.82) is 0 Å². The zero-order chi connectivity index (χ0) is 20.5. The first-order chi connectivity index (χ1) is 13.4. The van der Waals surface area contributed by atoms with Gasteiger partial charge >= 0.3 is 0 Å². The summed E-state index contributed by atoms with van der Waals surface area (Å²) in [6.45, 7) is 3.81. The van der Waals surface area contributed by atoms with E-state index in [1.807, 2.05) is 31.2 Å². The summed E-state index contributed by atoms with van der Waals surface area (Å²) in [6, 6.07) is 13.1. The van der Waals surface area contributed by atoms with Crippen LogP contribution in [0.2, 0.25) is 0 Å². The lowest BCUT2D eigenvalue weighted by Crippen LogP contribution is -2.22. The molecule has 2 aromatic carbocycles. The first-order valence-electron chi connectivity index (χ1n) is 9.01. The standard InChI is InChI=1S/C20H23N3O4S/c1-3-4-8-19(24)21-16-6-5-7-18(13-16)28-14(2)20(25)22-15-9-11-17(12-10-15)23(26)27/h5-7,9-14H,3-4,8H2,1-2H3,(H,21,24)(H,22,25). The van der Waals surface area contributed by atoms with Crippen molar-refractivity contribution in [3.05, 3.63) is 58.6 Å². The molecule has 148 valence electrons. The molecule has 0 saturated carbocycles. The molecule has 28 heavy (non-hydrogen) atoms. The molecule has 0 aliphatic heterocycles. The van der Waals surface area contributed by atoms with E-state index < -0.39 is 4.92 Å². The number of carbonyl (C=O) groups is 2. The molecule has 0 aliphatic carbocycles. The van der Waals surface area contributed by atoms with Crippen LogP contribution in [0.1, 0.15) is 33.1 Å². The van der Waals surface area contributed by atoms with Crippen molar-refractivity contribution in [3.63, 3.8) is 0 Å². The fourth-order valence-corrected chi connectivity index (χ4v) is 3.30. The van der Waals surface area contributed by atoms with Crippen LogP contribution in [0.3, 0.4) is 0 Å². The number of nitrogens with one attached hydrogen (secondary N) is 2. The molecule has 2 amide bonds. The highest BCUT2D eigenvalue weighted by Crippen LogP contribution is 2.27. The summed E-state index contributed by atoms with van der Waals surface area (Å²) >= 11 is 1.37. The van der Waals surface area contributed by atoms with Crippen LogP contribution >= 0.6 is 11.8 Å². The van der Waals surface area contributed by atoms with E-state index in [2.05, 4.69) is 10.6 Å². The van der Waals surface area contributed by atoms with E-state index in [1.165, 1.54) is 36.0 Å². The number of rotatable bonds is 9. The number of carbonyl (C=O) groups excluding carboxylic acids is 2. The predicted octanol–water partition coefficient (Wildman–Crippen LogP) is 4.84. The smallest absolute Gasteiger partial charge is 0.269 e. The number of amides is 2. The van der Waals surface area contributed by atoms with Gasteiger partial charge in [-0.3, -0.25) is 19.7 Å². The van der Waals surface area contributed by atoms with Crippen LogP contribution in [0.4, 0.5) is 17.1 Å². The molecular weight excluding hydrogens is 378 g/mol. The summed E-state index contributed by atoms with van der Waals surface area (Å²) in [4.78, 5) is 35.3. The number of nitrogens with zero attached hydrogens (tertiary/aromatic N) is 1. The van der Waals surface area contributed by atoms with Gasteiger partial charge in [-0.15, -0.1) is 11.8 Å². The van der Waals surface area contributed by atoms with Crippen molar-refractivity contribution in [1.82, 2.24) is 0 Å². The van der Waals surface area contributed by atoms with E-state index in [-0.39, 0.29) is 22.8 Å². The number of nitro benzene ring substituents is 1. The monoisotopic (exact) mass is 401 g/mol. The van der Waals surface area contributed by atoms with Gasteiger partial charge in [0, 0.05) is 34.8 Å². The van der Waals surface area contributed by atoms with Crippen molar-refractivity contribution < 1.29 is 14.5 Å². The first kappa shape index (κ1) is 21.4. The normalized spacial score (nSPS) is 11.5. The second-order valence-electron chi connectivity index (χ2n) is 6.23. The van der Waals surface area contributed by atoms with Gasteiger partial charge in [-0.1, -0.05) is 19.4 Å². The predicted molar refractivity (Wildman–Crippen MR) is 112 cm³/mol. The third-order valence-corrected chi connectivity index (χ3v) is 5.00. The maximum atomic E-state index is 12.4. The number of hydrogen-bond donors (Lipinski definition) is 2. The van der Waals surface area contributed by atoms with E-state index in [4.69, 9.17) is 0 Å². The van der Waals surface area contributed by atoms with Crippen molar-refractivity contribution in [2.45, 2.75) is 43.3 Å². The highest BCUT2D eigenvalue weighted by molar-refractivity contribution is 8.00. The average molecular weight is 401 g/mol. The summed E-state index contributed by atoms with van der Waals surface area (Å²) in [6.07, 6.45) is 2.30. The van der Waals surface area contributed by atoms with Gasteiger partial charge in [0.05, 0.1) is 10.2 Å². The lowest BCUT2D eigenvalue weighted by Gasteiger charge is -2.13. The number of non-ortho nitro benzene ring substituents is 1. The van der Waals surface area contributed by atoms with Crippen LogP contribution in [-0.2, 0) is 9.59 Å². The van der Waals surface area contributed by atoms with Crippen molar-refractivity contribution in [3.8, 4) is 0 Å². The molecule has 0 bridgehead atoms. The first-order valence-corrected chi connectivity index (χ1v) is 9.89. The quantitative estimate of drug-likeness (QED) is 0.355. The Balaban J connectivity index is 1.93. The molecule has 1 atom stereocenters. The third kappa shape index (κ3) is 6.70. The molecule has 7 nitrogen and oxygen atoms in total. The van der Waals surface area contributed by atoms with Gasteiger partial charge in [0.2, 0.25) is 11.8 Å². The van der Waals surface area contributed by atoms with Crippen LogP contribution in [0.15, 0.2) is 53.4 Å². The summed E-state index contributed by atoms with van der Waals surface area (Å²) < 4.78 is 0. The molecule has 0 radical (unpaired) electrons. The highest BCUT2D eigenvalue weighted by atomic mass is 32.2. The summed E-state index contributed by atoms with van der Waals surface area (Å²) in [5, 5.41) is 15.9. The molecule has 0 fully saturated rings. The number of thioether (sulfide) groups is 1. The molecule has 1 unspecified atom stereocenters. The van der Waals surface area contributed by atoms with Gasteiger partial charge in [0.15, 0.2) is 0 Å². The lowest BCUT2D eigenvalue weighted by atomic mass is 10.2. The van der Waals surface area contributed by atoms with E-state index in [0.29, 0.717) is 17.8 Å². The summed E-state index contributed by atoms with van der Waals surface area (Å²) in [5.74, 6) is -0.232. The molecular formula is C20H23N3O4S. The van der Waals surface area contributed by atoms with Crippen molar-refractivity contribution in [2.75, 3.05) is 10.6 Å². The van der Waals surface area contributed by atoms with E-state index in [1.54, 1.807) is 6.92 Å². The molecule has 0 spiro atoms. The van der Waals surface area contributed by atoms with Crippen molar-refractivity contribution >= 4 is 40.6 Å². The van der Waals surface area contributed by atoms with E-state index in [0.717, 1.165) is 17.7 Å². The highest BCUT2D eigenvalue weighted by Gasteiger charge is 2.15. The maximum Gasteiger partial charge on any atom is 0.269 e. The second-order valence-corrected chi connectivity index (χ2v) is 7.65. The number of nitro groups is 1. The largest absolute Gasteiger partial charge is 0.326 e. The molecule has 8 heteroatoms. The van der Waals surface area contributed by atoms with Gasteiger partial charge in [-0.05, 0) is 43.7 Å². The SMILES string of the molecule is CCCCC(=O)Nc1cccc(SC(C)C(=O)Nc2ccc([N+](=O)[O-])cc2)c1. The van der Waals surface area contributed by atoms with Gasteiger partial charge in [-0.25, -0.2) is 0 Å². The van der Waals surface area contributed by atoms with Crippen LogP contribution in [0.25, 0.3) is 0 Å². The molecule has 0 heterocycles. The van der Waals surface area contributed by atoms with Gasteiger partial charge in [0.25, 0.3) is 5.69 Å². The Labute approximate surface area is 168 Å². The van der Waals surface area contributed by atoms with Gasteiger partial charge < -0.3 is 10.6 Å². The van der Waals surface area contributed by atoms with Crippen LogP contribution in [0.5, 0.6) is 0 Å².